The third kappa shape index (κ3) is 2.10. The Morgan fingerprint density at radius 3 is 2.74 bits per heavy atom. The molecule has 96 valence electrons. The van der Waals surface area contributed by atoms with Gasteiger partial charge in [0.05, 0.1) is 7.11 Å². The van der Waals surface area contributed by atoms with E-state index in [1.165, 1.54) is 0 Å². The largest absolute Gasteiger partial charge is 0.497 e. The lowest BCUT2D eigenvalue weighted by atomic mass is 10.2. The lowest BCUT2D eigenvalue weighted by Crippen LogP contribution is -2.24. The van der Waals surface area contributed by atoms with Crippen LogP contribution in [0.15, 0.2) is 29.1 Å². The summed E-state index contributed by atoms with van der Waals surface area (Å²) in [5.74, 6) is 1.45. The van der Waals surface area contributed by atoms with Gasteiger partial charge in [0.2, 0.25) is 4.96 Å². The Kier molecular flexibility index (Phi) is 2.79. The highest BCUT2D eigenvalue weighted by atomic mass is 32.1. The summed E-state index contributed by atoms with van der Waals surface area (Å²) in [5.41, 5.74) is 0.922. The van der Waals surface area contributed by atoms with Gasteiger partial charge in [-0.1, -0.05) is 23.5 Å². The van der Waals surface area contributed by atoms with Gasteiger partial charge < -0.3 is 4.74 Å². The molecule has 2 aromatic heterocycles. The van der Waals surface area contributed by atoms with Gasteiger partial charge in [-0.15, -0.1) is 0 Å². The zero-order valence-electron chi connectivity index (χ0n) is 10.5. The highest BCUT2D eigenvalue weighted by Gasteiger charge is 2.07. The van der Waals surface area contributed by atoms with Gasteiger partial charge in [0.25, 0.3) is 4.74 Å². The first-order valence-corrected chi connectivity index (χ1v) is 6.51. The summed E-state index contributed by atoms with van der Waals surface area (Å²) in [6, 6.07) is 7.50. The van der Waals surface area contributed by atoms with Crippen molar-refractivity contribution in [3.8, 4) is 5.75 Å². The molecule has 19 heavy (non-hydrogen) atoms. The number of fused-ring (bicyclic) bond motifs is 1. The van der Waals surface area contributed by atoms with Crippen molar-refractivity contribution in [2.24, 2.45) is 0 Å². The standard InChI is InChI=1S/C13H11N3O2S/c1-8-14-13-16(15-8)11(12(17)19-13)7-9-3-5-10(18-2)6-4-9/h3-7H,1-2H3/b11-7+. The molecule has 5 nitrogen and oxygen atoms in total. The second kappa shape index (κ2) is 4.47. The summed E-state index contributed by atoms with van der Waals surface area (Å²) in [6.45, 7) is 1.81. The average Bonchev–Trinajstić information content (AvgIpc) is 2.88. The molecule has 0 saturated carbocycles. The van der Waals surface area contributed by atoms with Gasteiger partial charge in [-0.2, -0.15) is 9.61 Å². The Hall–Kier alpha value is -2.21. The lowest BCUT2D eigenvalue weighted by molar-refractivity contribution is 0.415. The summed E-state index contributed by atoms with van der Waals surface area (Å²) >= 11 is 1.10. The molecule has 0 aliphatic carbocycles. The topological polar surface area (TPSA) is 56.5 Å². The van der Waals surface area contributed by atoms with Crippen LogP contribution in [-0.2, 0) is 0 Å². The normalized spacial score (nSPS) is 12.2. The number of aryl methyl sites for hydroxylation is 1. The molecular formula is C13H11N3O2S. The predicted octanol–water partition coefficient (Wildman–Crippen LogP) is 1.02. The van der Waals surface area contributed by atoms with Gasteiger partial charge in [-0.3, -0.25) is 4.79 Å². The van der Waals surface area contributed by atoms with Gasteiger partial charge in [0.1, 0.15) is 16.9 Å². The van der Waals surface area contributed by atoms with Crippen LogP contribution >= 0.6 is 11.3 Å². The van der Waals surface area contributed by atoms with Crippen LogP contribution in [0.1, 0.15) is 11.4 Å². The number of hydrogen-bond acceptors (Lipinski definition) is 5. The number of benzene rings is 1. The van der Waals surface area contributed by atoms with Crippen molar-refractivity contribution < 1.29 is 4.74 Å². The van der Waals surface area contributed by atoms with E-state index in [1.807, 2.05) is 24.3 Å². The van der Waals surface area contributed by atoms with Crippen LogP contribution in [-0.4, -0.2) is 21.7 Å². The minimum absolute atomic E-state index is 0.0363. The Morgan fingerprint density at radius 2 is 2.05 bits per heavy atom. The fourth-order valence-electron chi connectivity index (χ4n) is 1.82. The van der Waals surface area contributed by atoms with Crippen LogP contribution in [0.25, 0.3) is 11.0 Å². The molecule has 0 atom stereocenters. The molecule has 3 rings (SSSR count). The molecule has 0 unspecified atom stereocenters. The van der Waals surface area contributed by atoms with Crippen molar-refractivity contribution in [1.82, 2.24) is 14.6 Å². The predicted molar refractivity (Wildman–Crippen MR) is 73.7 cm³/mol. The molecule has 0 N–H and O–H groups in total. The summed E-state index contributed by atoms with van der Waals surface area (Å²) in [7, 11) is 1.62. The fourth-order valence-corrected chi connectivity index (χ4v) is 2.64. The maximum absolute atomic E-state index is 11.9. The number of rotatable bonds is 2. The van der Waals surface area contributed by atoms with Gasteiger partial charge in [-0.05, 0) is 30.7 Å². The maximum atomic E-state index is 11.9. The molecule has 6 heteroatoms. The molecule has 2 heterocycles. The molecule has 0 spiro atoms. The van der Waals surface area contributed by atoms with Crippen LogP contribution < -0.4 is 14.8 Å². The van der Waals surface area contributed by atoms with Crippen LogP contribution in [0.5, 0.6) is 5.75 Å². The number of thiazole rings is 1. The summed E-state index contributed by atoms with van der Waals surface area (Å²) < 4.78 is 6.65. The number of ether oxygens (including phenoxy) is 1. The van der Waals surface area contributed by atoms with Gasteiger partial charge in [-0.25, -0.2) is 4.98 Å². The maximum Gasteiger partial charge on any atom is 0.261 e. The molecule has 0 aliphatic rings. The average molecular weight is 273 g/mol. The molecule has 0 amide bonds. The molecule has 3 aromatic rings. The lowest BCUT2D eigenvalue weighted by Gasteiger charge is -1.98. The second-order valence-electron chi connectivity index (χ2n) is 4.05. The Balaban J connectivity index is 2.18. The van der Waals surface area contributed by atoms with Crippen LogP contribution in [0.3, 0.4) is 0 Å². The van der Waals surface area contributed by atoms with E-state index in [0.29, 0.717) is 16.1 Å². The SMILES string of the molecule is COc1ccc(/C=c2\c(=O)sc3nc(C)nn23)cc1. The number of methoxy groups -OCH3 is 1. The first-order valence-electron chi connectivity index (χ1n) is 5.69. The molecule has 0 bridgehead atoms. The van der Waals surface area contributed by atoms with Crippen molar-refractivity contribution in [2.45, 2.75) is 6.92 Å². The minimum atomic E-state index is -0.0363. The van der Waals surface area contributed by atoms with E-state index in [4.69, 9.17) is 4.74 Å². The zero-order valence-corrected chi connectivity index (χ0v) is 11.3. The first-order chi connectivity index (χ1) is 9.17. The molecule has 0 saturated heterocycles. The molecular weight excluding hydrogens is 262 g/mol. The van der Waals surface area contributed by atoms with E-state index >= 15 is 0 Å². The van der Waals surface area contributed by atoms with Crippen LogP contribution in [0, 0.1) is 6.92 Å². The van der Waals surface area contributed by atoms with E-state index < -0.39 is 0 Å². The molecule has 0 radical (unpaired) electrons. The van der Waals surface area contributed by atoms with E-state index in [1.54, 1.807) is 24.6 Å². The Bertz CT molecular complexity index is 833. The number of aromatic nitrogens is 3. The van der Waals surface area contributed by atoms with Crippen LogP contribution in [0.4, 0.5) is 0 Å². The minimum Gasteiger partial charge on any atom is -0.497 e. The van der Waals surface area contributed by atoms with Crippen molar-refractivity contribution in [3.05, 3.63) is 50.5 Å². The Labute approximate surface area is 112 Å². The zero-order chi connectivity index (χ0) is 13.4. The van der Waals surface area contributed by atoms with Crippen molar-refractivity contribution in [2.75, 3.05) is 7.11 Å². The summed E-state index contributed by atoms with van der Waals surface area (Å²) in [5, 5.41) is 4.76. The number of nitrogens with zero attached hydrogens (tertiary/aromatic N) is 3. The first kappa shape index (κ1) is 11.9. The highest BCUT2D eigenvalue weighted by Crippen LogP contribution is 2.11. The quantitative estimate of drug-likeness (QED) is 0.699. The summed E-state index contributed by atoms with van der Waals surface area (Å²) in [6.07, 6.45) is 1.80. The third-order valence-corrected chi connectivity index (χ3v) is 3.57. The third-order valence-electron chi connectivity index (χ3n) is 2.72. The van der Waals surface area contributed by atoms with E-state index in [-0.39, 0.29) is 4.74 Å². The molecule has 0 fully saturated rings. The second-order valence-corrected chi connectivity index (χ2v) is 4.99. The van der Waals surface area contributed by atoms with Gasteiger partial charge in [0.15, 0.2) is 0 Å². The monoisotopic (exact) mass is 273 g/mol. The fraction of sp³-hybridized carbons (Fsp3) is 0.154. The highest BCUT2D eigenvalue weighted by molar-refractivity contribution is 7.14. The van der Waals surface area contributed by atoms with Gasteiger partial charge >= 0.3 is 0 Å². The van der Waals surface area contributed by atoms with Crippen molar-refractivity contribution >= 4 is 22.4 Å². The van der Waals surface area contributed by atoms with Gasteiger partial charge in [0, 0.05) is 0 Å². The molecule has 1 aromatic carbocycles. The summed E-state index contributed by atoms with van der Waals surface area (Å²) in [4.78, 5) is 16.7. The van der Waals surface area contributed by atoms with E-state index in [9.17, 15) is 4.79 Å². The smallest absolute Gasteiger partial charge is 0.261 e. The number of hydrogen-bond donors (Lipinski definition) is 0. The molecule has 0 aliphatic heterocycles. The van der Waals surface area contributed by atoms with E-state index in [2.05, 4.69) is 10.1 Å². The Morgan fingerprint density at radius 1 is 1.32 bits per heavy atom. The van der Waals surface area contributed by atoms with Crippen molar-refractivity contribution in [3.63, 3.8) is 0 Å². The van der Waals surface area contributed by atoms with E-state index in [0.717, 1.165) is 22.6 Å². The van der Waals surface area contributed by atoms with Crippen LogP contribution in [0.2, 0.25) is 0 Å². The van der Waals surface area contributed by atoms with Crippen molar-refractivity contribution in [1.29, 1.82) is 0 Å².